The highest BCUT2D eigenvalue weighted by atomic mass is 32.1. The molecule has 1 heterocycles. The van der Waals surface area contributed by atoms with Crippen molar-refractivity contribution in [2.45, 2.75) is 39.3 Å². The van der Waals surface area contributed by atoms with Gasteiger partial charge in [-0.2, -0.15) is 0 Å². The lowest BCUT2D eigenvalue weighted by Gasteiger charge is -2.03. The Labute approximate surface area is 114 Å². The lowest BCUT2D eigenvalue weighted by molar-refractivity contribution is 0.180. The normalized spacial score (nSPS) is 11.1. The second-order valence-electron chi connectivity index (χ2n) is 4.18. The first kappa shape index (κ1) is 15.6. The van der Waals surface area contributed by atoms with Crippen LogP contribution in [0.25, 0.3) is 0 Å². The topological polar surface area (TPSA) is 43.4 Å². The third kappa shape index (κ3) is 5.44. The number of hydrogen-bond acceptors (Lipinski definition) is 5. The monoisotopic (exact) mass is 272 g/mol. The van der Waals surface area contributed by atoms with Crippen molar-refractivity contribution in [2.24, 2.45) is 0 Å². The molecule has 104 valence electrons. The first-order valence-corrected chi connectivity index (χ1v) is 7.29. The maximum Gasteiger partial charge on any atom is 0.0955 e. The van der Waals surface area contributed by atoms with Gasteiger partial charge in [0.05, 0.1) is 23.9 Å². The molecule has 0 atom stereocenters. The van der Waals surface area contributed by atoms with Crippen molar-refractivity contribution in [1.29, 1.82) is 0 Å². The molecule has 0 bridgehead atoms. The van der Waals surface area contributed by atoms with Gasteiger partial charge < -0.3 is 14.8 Å². The summed E-state index contributed by atoms with van der Waals surface area (Å²) in [6.07, 6.45) is 3.32. The van der Waals surface area contributed by atoms with Gasteiger partial charge in [-0.25, -0.2) is 4.98 Å². The van der Waals surface area contributed by atoms with Crippen LogP contribution in [0.1, 0.15) is 35.3 Å². The third-order valence-corrected chi connectivity index (χ3v) is 3.77. The minimum atomic E-state index is 0.592. The van der Waals surface area contributed by atoms with Crippen molar-refractivity contribution < 1.29 is 9.47 Å². The number of unbranched alkanes of at least 4 members (excludes halogenated alkanes) is 1. The summed E-state index contributed by atoms with van der Waals surface area (Å²) in [7, 11) is 3.43. The van der Waals surface area contributed by atoms with Crippen LogP contribution in [0.5, 0.6) is 0 Å². The zero-order chi connectivity index (χ0) is 13.2. The van der Waals surface area contributed by atoms with Crippen LogP contribution in [0.4, 0.5) is 0 Å². The van der Waals surface area contributed by atoms with Crippen molar-refractivity contribution in [1.82, 2.24) is 10.3 Å². The van der Waals surface area contributed by atoms with E-state index in [4.69, 9.17) is 9.47 Å². The Morgan fingerprint density at radius 3 is 2.78 bits per heavy atom. The second kappa shape index (κ2) is 9.44. The standard InChI is InChI=1S/C13H24N2O2S/c1-4-5-7-14-9-12-11(10-17-3)15-13(18-12)6-8-16-2/h14H,4-10H2,1-3H3. The average Bonchev–Trinajstić information content (AvgIpc) is 2.75. The molecule has 0 aliphatic rings. The number of methoxy groups -OCH3 is 2. The molecular weight excluding hydrogens is 248 g/mol. The third-order valence-electron chi connectivity index (χ3n) is 2.62. The summed E-state index contributed by atoms with van der Waals surface area (Å²) in [4.78, 5) is 5.90. The molecule has 0 fully saturated rings. The Morgan fingerprint density at radius 1 is 1.28 bits per heavy atom. The van der Waals surface area contributed by atoms with Crippen LogP contribution in [0.2, 0.25) is 0 Å². The molecule has 1 aromatic heterocycles. The maximum atomic E-state index is 5.20. The molecule has 0 spiro atoms. The number of ether oxygens (including phenoxy) is 2. The van der Waals surface area contributed by atoms with E-state index < -0.39 is 0 Å². The van der Waals surface area contributed by atoms with Gasteiger partial charge in [0.25, 0.3) is 0 Å². The van der Waals surface area contributed by atoms with Crippen molar-refractivity contribution in [3.63, 3.8) is 0 Å². The van der Waals surface area contributed by atoms with Gasteiger partial charge in [0.2, 0.25) is 0 Å². The Kier molecular flexibility index (Phi) is 8.17. The van der Waals surface area contributed by atoms with E-state index in [0.717, 1.165) is 36.8 Å². The molecule has 0 radical (unpaired) electrons. The van der Waals surface area contributed by atoms with Crippen molar-refractivity contribution in [3.05, 3.63) is 15.6 Å². The predicted octanol–water partition coefficient (Wildman–Crippen LogP) is 2.37. The summed E-state index contributed by atoms with van der Waals surface area (Å²) in [5.74, 6) is 0. The zero-order valence-electron chi connectivity index (χ0n) is 11.6. The molecule has 0 aliphatic heterocycles. The lowest BCUT2D eigenvalue weighted by atomic mass is 10.3. The highest BCUT2D eigenvalue weighted by Crippen LogP contribution is 2.20. The Morgan fingerprint density at radius 2 is 2.11 bits per heavy atom. The van der Waals surface area contributed by atoms with Crippen LogP contribution in [0.15, 0.2) is 0 Å². The number of rotatable bonds is 10. The number of thiazole rings is 1. The van der Waals surface area contributed by atoms with E-state index in [0.29, 0.717) is 6.61 Å². The number of hydrogen-bond donors (Lipinski definition) is 1. The zero-order valence-corrected chi connectivity index (χ0v) is 12.4. The molecule has 4 nitrogen and oxygen atoms in total. The second-order valence-corrected chi connectivity index (χ2v) is 5.35. The quantitative estimate of drug-likeness (QED) is 0.664. The van der Waals surface area contributed by atoms with E-state index in [1.807, 2.05) is 0 Å². The highest BCUT2D eigenvalue weighted by molar-refractivity contribution is 7.11. The lowest BCUT2D eigenvalue weighted by Crippen LogP contribution is -2.14. The molecule has 1 N–H and O–H groups in total. The van der Waals surface area contributed by atoms with Crippen LogP contribution in [0, 0.1) is 0 Å². The molecule has 5 heteroatoms. The highest BCUT2D eigenvalue weighted by Gasteiger charge is 2.10. The molecule has 0 amide bonds. The van der Waals surface area contributed by atoms with Gasteiger partial charge >= 0.3 is 0 Å². The van der Waals surface area contributed by atoms with E-state index in [1.165, 1.54) is 17.7 Å². The first-order chi connectivity index (χ1) is 8.81. The molecule has 1 rings (SSSR count). The Hall–Kier alpha value is -0.490. The van der Waals surface area contributed by atoms with Gasteiger partial charge in [-0.05, 0) is 13.0 Å². The minimum absolute atomic E-state index is 0.592. The fraction of sp³-hybridized carbons (Fsp3) is 0.769. The summed E-state index contributed by atoms with van der Waals surface area (Å²) in [6, 6.07) is 0. The molecule has 0 aliphatic carbocycles. The first-order valence-electron chi connectivity index (χ1n) is 6.47. The largest absolute Gasteiger partial charge is 0.384 e. The van der Waals surface area contributed by atoms with E-state index >= 15 is 0 Å². The predicted molar refractivity (Wildman–Crippen MR) is 75.0 cm³/mol. The van der Waals surface area contributed by atoms with Gasteiger partial charge in [0.1, 0.15) is 0 Å². The summed E-state index contributed by atoms with van der Waals surface area (Å²) < 4.78 is 10.3. The smallest absolute Gasteiger partial charge is 0.0955 e. The molecule has 0 unspecified atom stereocenters. The molecule has 0 saturated heterocycles. The molecule has 0 saturated carbocycles. The average molecular weight is 272 g/mol. The summed E-state index contributed by atoms with van der Waals surface area (Å²) in [5.41, 5.74) is 1.07. The van der Waals surface area contributed by atoms with E-state index in [1.54, 1.807) is 25.6 Å². The fourth-order valence-corrected chi connectivity index (χ4v) is 2.65. The Balaban J connectivity index is 2.53. The van der Waals surface area contributed by atoms with Gasteiger partial charge in [0, 0.05) is 32.1 Å². The van der Waals surface area contributed by atoms with Crippen LogP contribution in [-0.2, 0) is 29.0 Å². The van der Waals surface area contributed by atoms with Crippen LogP contribution in [-0.4, -0.2) is 32.4 Å². The van der Waals surface area contributed by atoms with Gasteiger partial charge in [-0.3, -0.25) is 0 Å². The van der Waals surface area contributed by atoms with Gasteiger partial charge in [-0.1, -0.05) is 13.3 Å². The summed E-state index contributed by atoms with van der Waals surface area (Å²) >= 11 is 1.76. The fourth-order valence-electron chi connectivity index (χ4n) is 1.62. The van der Waals surface area contributed by atoms with Crippen LogP contribution >= 0.6 is 11.3 Å². The van der Waals surface area contributed by atoms with Crippen molar-refractivity contribution in [3.8, 4) is 0 Å². The van der Waals surface area contributed by atoms with Crippen molar-refractivity contribution >= 4 is 11.3 Å². The molecule has 18 heavy (non-hydrogen) atoms. The van der Waals surface area contributed by atoms with E-state index in [-0.39, 0.29) is 0 Å². The summed E-state index contributed by atoms with van der Waals surface area (Å²) in [6.45, 7) is 5.47. The van der Waals surface area contributed by atoms with E-state index in [9.17, 15) is 0 Å². The van der Waals surface area contributed by atoms with Crippen LogP contribution < -0.4 is 5.32 Å². The molecule has 1 aromatic rings. The van der Waals surface area contributed by atoms with E-state index in [2.05, 4.69) is 17.2 Å². The maximum absolute atomic E-state index is 5.20. The van der Waals surface area contributed by atoms with Gasteiger partial charge in [-0.15, -0.1) is 11.3 Å². The number of nitrogens with zero attached hydrogens (tertiary/aromatic N) is 1. The molecular formula is C13H24N2O2S. The molecule has 0 aromatic carbocycles. The Bertz CT molecular complexity index is 329. The van der Waals surface area contributed by atoms with Crippen molar-refractivity contribution in [2.75, 3.05) is 27.4 Å². The SMILES string of the molecule is CCCCNCc1sc(CCOC)nc1COC. The van der Waals surface area contributed by atoms with Crippen LogP contribution in [0.3, 0.4) is 0 Å². The minimum Gasteiger partial charge on any atom is -0.384 e. The summed E-state index contributed by atoms with van der Waals surface area (Å²) in [5, 5.41) is 4.59. The van der Waals surface area contributed by atoms with Gasteiger partial charge in [0.15, 0.2) is 0 Å². The number of nitrogens with one attached hydrogen (secondary N) is 1. The number of aromatic nitrogens is 1.